The maximum absolute atomic E-state index is 3.73. The molecule has 1 N–H and O–H groups in total. The minimum atomic E-state index is 0.746. The van der Waals surface area contributed by atoms with E-state index in [4.69, 9.17) is 0 Å². The maximum Gasteiger partial charge on any atom is 0.0231 e. The Labute approximate surface area is 99.4 Å². The molecule has 0 amide bonds. The first kappa shape index (κ1) is 11.9. The summed E-state index contributed by atoms with van der Waals surface area (Å²) in [5.74, 6) is 0. The van der Waals surface area contributed by atoms with Crippen LogP contribution >= 0.6 is 0 Å². The molecular formula is C14H24N2. The van der Waals surface area contributed by atoms with Crippen LogP contribution in [0.3, 0.4) is 0 Å². The van der Waals surface area contributed by atoms with Gasteiger partial charge in [0.15, 0.2) is 0 Å². The molecule has 2 saturated heterocycles. The zero-order valence-corrected chi connectivity index (χ0v) is 10.6. The van der Waals surface area contributed by atoms with Crippen LogP contribution in [0.15, 0.2) is 23.8 Å². The molecule has 0 aromatic rings. The van der Waals surface area contributed by atoms with Gasteiger partial charge in [0.2, 0.25) is 0 Å². The van der Waals surface area contributed by atoms with E-state index >= 15 is 0 Å². The van der Waals surface area contributed by atoms with E-state index in [0.717, 1.165) is 18.6 Å². The van der Waals surface area contributed by atoms with E-state index in [-0.39, 0.29) is 0 Å². The number of likely N-dealkylation sites (tertiary alicyclic amines) is 1. The minimum Gasteiger partial charge on any atom is -0.309 e. The average molecular weight is 220 g/mol. The van der Waals surface area contributed by atoms with Crippen molar-refractivity contribution in [2.75, 3.05) is 19.6 Å². The number of rotatable bonds is 3. The van der Waals surface area contributed by atoms with E-state index < -0.39 is 0 Å². The second-order valence-electron chi connectivity index (χ2n) is 5.05. The van der Waals surface area contributed by atoms with E-state index in [1.54, 1.807) is 0 Å². The highest BCUT2D eigenvalue weighted by Gasteiger charge is 2.29. The first-order chi connectivity index (χ1) is 7.81. The molecule has 90 valence electrons. The predicted octanol–water partition coefficient (Wildman–Crippen LogP) is 2.34. The summed E-state index contributed by atoms with van der Waals surface area (Å²) >= 11 is 0. The minimum absolute atomic E-state index is 0.746. The van der Waals surface area contributed by atoms with Gasteiger partial charge < -0.3 is 5.32 Å². The summed E-state index contributed by atoms with van der Waals surface area (Å²) in [5, 5.41) is 3.73. The van der Waals surface area contributed by atoms with Gasteiger partial charge in [-0.05, 0) is 32.3 Å². The summed E-state index contributed by atoms with van der Waals surface area (Å²) in [6.45, 7) is 7.81. The Balaban J connectivity index is 1.90. The van der Waals surface area contributed by atoms with Crippen molar-refractivity contribution in [1.29, 1.82) is 0 Å². The molecule has 0 spiro atoms. The molecule has 2 bridgehead atoms. The van der Waals surface area contributed by atoms with Crippen molar-refractivity contribution in [3.05, 3.63) is 23.8 Å². The Kier molecular flexibility index (Phi) is 4.19. The molecule has 0 radical (unpaired) electrons. The number of piperazine rings is 1. The Bertz CT molecular complexity index is 268. The lowest BCUT2D eigenvalue weighted by Gasteiger charge is -2.42. The quantitative estimate of drug-likeness (QED) is 0.734. The Morgan fingerprint density at radius 3 is 2.50 bits per heavy atom. The standard InChI is InChI=1S/C14H24N2/c1-3-6-12(4-2)9-16-10-13-7-5-8-14(11-16)15-13/h3-4,6,13-15H,5,7-11H2,1-2H3/b6-3-,12-4+. The Morgan fingerprint density at radius 1 is 1.25 bits per heavy atom. The van der Waals surface area contributed by atoms with Crippen molar-refractivity contribution in [2.24, 2.45) is 0 Å². The highest BCUT2D eigenvalue weighted by molar-refractivity contribution is 5.19. The van der Waals surface area contributed by atoms with Crippen LogP contribution in [0.4, 0.5) is 0 Å². The van der Waals surface area contributed by atoms with E-state index in [1.165, 1.54) is 37.9 Å². The summed E-state index contributed by atoms with van der Waals surface area (Å²) in [4.78, 5) is 2.61. The number of nitrogens with zero attached hydrogens (tertiary/aromatic N) is 1. The molecule has 0 saturated carbocycles. The van der Waals surface area contributed by atoms with Gasteiger partial charge in [0.1, 0.15) is 0 Å². The Morgan fingerprint density at radius 2 is 1.94 bits per heavy atom. The zero-order valence-electron chi connectivity index (χ0n) is 10.6. The molecule has 0 aliphatic carbocycles. The summed E-state index contributed by atoms with van der Waals surface area (Å²) in [7, 11) is 0. The summed E-state index contributed by atoms with van der Waals surface area (Å²) in [5.41, 5.74) is 1.45. The monoisotopic (exact) mass is 220 g/mol. The van der Waals surface area contributed by atoms with Crippen molar-refractivity contribution >= 4 is 0 Å². The fourth-order valence-corrected chi connectivity index (χ4v) is 2.94. The third-order valence-electron chi connectivity index (χ3n) is 3.69. The van der Waals surface area contributed by atoms with Crippen LogP contribution in [-0.2, 0) is 0 Å². The number of allylic oxidation sites excluding steroid dienone is 2. The SMILES string of the molecule is C/C=C\C(=C/C)CN1CC2CCCC(C1)N2. The summed E-state index contributed by atoms with van der Waals surface area (Å²) < 4.78 is 0. The van der Waals surface area contributed by atoms with Crippen LogP contribution in [0, 0.1) is 0 Å². The Hall–Kier alpha value is -0.600. The molecule has 0 aromatic carbocycles. The third kappa shape index (κ3) is 2.96. The number of hydrogen-bond donors (Lipinski definition) is 1. The zero-order chi connectivity index (χ0) is 11.4. The van der Waals surface area contributed by atoms with Crippen LogP contribution in [0.1, 0.15) is 33.1 Å². The smallest absolute Gasteiger partial charge is 0.0231 e. The third-order valence-corrected chi connectivity index (χ3v) is 3.69. The predicted molar refractivity (Wildman–Crippen MR) is 69.6 cm³/mol. The van der Waals surface area contributed by atoms with Crippen molar-refractivity contribution in [3.8, 4) is 0 Å². The number of piperidine rings is 1. The first-order valence-corrected chi connectivity index (χ1v) is 6.58. The maximum atomic E-state index is 3.73. The lowest BCUT2D eigenvalue weighted by atomic mass is 9.94. The molecule has 16 heavy (non-hydrogen) atoms. The molecule has 2 nitrogen and oxygen atoms in total. The molecule has 2 atom stereocenters. The second kappa shape index (κ2) is 5.65. The molecule has 2 unspecified atom stereocenters. The van der Waals surface area contributed by atoms with E-state index in [1.807, 2.05) is 0 Å². The highest BCUT2D eigenvalue weighted by Crippen LogP contribution is 2.20. The van der Waals surface area contributed by atoms with Crippen molar-refractivity contribution in [2.45, 2.75) is 45.2 Å². The van der Waals surface area contributed by atoms with Gasteiger partial charge in [-0.3, -0.25) is 4.90 Å². The molecule has 0 aromatic heterocycles. The number of nitrogens with one attached hydrogen (secondary N) is 1. The lowest BCUT2D eigenvalue weighted by molar-refractivity contribution is 0.135. The summed E-state index contributed by atoms with van der Waals surface area (Å²) in [6, 6.07) is 1.49. The van der Waals surface area contributed by atoms with Gasteiger partial charge in [0.25, 0.3) is 0 Å². The van der Waals surface area contributed by atoms with Crippen LogP contribution in [0.25, 0.3) is 0 Å². The van der Waals surface area contributed by atoms with Crippen molar-refractivity contribution in [1.82, 2.24) is 10.2 Å². The van der Waals surface area contributed by atoms with Crippen molar-refractivity contribution < 1.29 is 0 Å². The van der Waals surface area contributed by atoms with Gasteiger partial charge >= 0.3 is 0 Å². The molecule has 2 aliphatic heterocycles. The fraction of sp³-hybridized carbons (Fsp3) is 0.714. The van der Waals surface area contributed by atoms with Gasteiger partial charge in [-0.1, -0.05) is 24.6 Å². The fourth-order valence-electron chi connectivity index (χ4n) is 2.94. The number of fused-ring (bicyclic) bond motifs is 2. The molecule has 2 heterocycles. The van der Waals surface area contributed by atoms with Crippen LogP contribution in [0.5, 0.6) is 0 Å². The molecule has 2 heteroatoms. The van der Waals surface area contributed by atoms with Gasteiger partial charge in [-0.2, -0.15) is 0 Å². The topological polar surface area (TPSA) is 15.3 Å². The lowest BCUT2D eigenvalue weighted by Crippen LogP contribution is -2.58. The van der Waals surface area contributed by atoms with Crippen LogP contribution in [-0.4, -0.2) is 36.6 Å². The molecular weight excluding hydrogens is 196 g/mol. The molecule has 2 aliphatic rings. The first-order valence-electron chi connectivity index (χ1n) is 6.58. The van der Waals surface area contributed by atoms with E-state index in [0.29, 0.717) is 0 Å². The molecule has 2 rings (SSSR count). The van der Waals surface area contributed by atoms with Crippen molar-refractivity contribution in [3.63, 3.8) is 0 Å². The van der Waals surface area contributed by atoms with Crippen LogP contribution in [0.2, 0.25) is 0 Å². The van der Waals surface area contributed by atoms with Crippen LogP contribution < -0.4 is 5.32 Å². The summed E-state index contributed by atoms with van der Waals surface area (Å²) in [6.07, 6.45) is 10.7. The largest absolute Gasteiger partial charge is 0.309 e. The van der Waals surface area contributed by atoms with Gasteiger partial charge in [-0.25, -0.2) is 0 Å². The van der Waals surface area contributed by atoms with Gasteiger partial charge in [0, 0.05) is 31.7 Å². The molecule has 2 fully saturated rings. The number of hydrogen-bond acceptors (Lipinski definition) is 2. The van der Waals surface area contributed by atoms with Gasteiger partial charge in [-0.15, -0.1) is 0 Å². The second-order valence-corrected chi connectivity index (χ2v) is 5.05. The normalized spacial score (nSPS) is 32.2. The average Bonchev–Trinajstić information content (AvgIpc) is 2.28. The highest BCUT2D eigenvalue weighted by atomic mass is 15.2. The van der Waals surface area contributed by atoms with E-state index in [2.05, 4.69) is 42.3 Å². The van der Waals surface area contributed by atoms with Gasteiger partial charge in [0.05, 0.1) is 0 Å². The van der Waals surface area contributed by atoms with E-state index in [9.17, 15) is 0 Å².